The Morgan fingerprint density at radius 2 is 2.19 bits per heavy atom. The lowest BCUT2D eigenvalue weighted by Gasteiger charge is -2.23. The van der Waals surface area contributed by atoms with E-state index in [1.807, 2.05) is 6.07 Å². The first kappa shape index (κ1) is 11.6. The van der Waals surface area contributed by atoms with Gasteiger partial charge >= 0.3 is 0 Å². The standard InChI is InChI=1S/C14H20FN/c1-10-5-3-8-14(10)16-11(2)12-6-4-7-13(15)9-12/h4,6-7,9-11,14,16H,3,5,8H2,1-2H3/t10?,11-,14?/m1/s1. The molecule has 1 aliphatic rings. The second kappa shape index (κ2) is 4.96. The monoisotopic (exact) mass is 221 g/mol. The van der Waals surface area contributed by atoms with Gasteiger partial charge in [0.05, 0.1) is 0 Å². The zero-order valence-corrected chi connectivity index (χ0v) is 10.0. The van der Waals surface area contributed by atoms with E-state index in [9.17, 15) is 4.39 Å². The molecule has 16 heavy (non-hydrogen) atoms. The van der Waals surface area contributed by atoms with Crippen LogP contribution in [0, 0.1) is 11.7 Å². The summed E-state index contributed by atoms with van der Waals surface area (Å²) >= 11 is 0. The van der Waals surface area contributed by atoms with Crippen molar-refractivity contribution >= 4 is 0 Å². The number of hydrogen-bond acceptors (Lipinski definition) is 1. The Balaban J connectivity index is 1.99. The fourth-order valence-electron chi connectivity index (χ4n) is 2.59. The van der Waals surface area contributed by atoms with Gasteiger partial charge in [-0.25, -0.2) is 4.39 Å². The van der Waals surface area contributed by atoms with E-state index in [4.69, 9.17) is 0 Å². The topological polar surface area (TPSA) is 12.0 Å². The molecule has 1 nitrogen and oxygen atoms in total. The molecule has 1 fully saturated rings. The molecule has 0 aliphatic heterocycles. The van der Waals surface area contributed by atoms with E-state index >= 15 is 0 Å². The van der Waals surface area contributed by atoms with E-state index in [-0.39, 0.29) is 11.9 Å². The van der Waals surface area contributed by atoms with E-state index < -0.39 is 0 Å². The fraction of sp³-hybridized carbons (Fsp3) is 0.571. The molecule has 2 unspecified atom stereocenters. The molecule has 0 amide bonds. The zero-order chi connectivity index (χ0) is 11.5. The van der Waals surface area contributed by atoms with Crippen LogP contribution in [0.3, 0.4) is 0 Å². The molecule has 0 bridgehead atoms. The Labute approximate surface area is 97.1 Å². The third kappa shape index (κ3) is 2.62. The molecular weight excluding hydrogens is 201 g/mol. The van der Waals surface area contributed by atoms with Crippen molar-refractivity contribution in [2.45, 2.75) is 45.2 Å². The molecule has 2 heteroatoms. The molecule has 2 rings (SSSR count). The first-order valence-electron chi connectivity index (χ1n) is 6.18. The highest BCUT2D eigenvalue weighted by molar-refractivity contribution is 5.19. The number of halogens is 1. The second-order valence-electron chi connectivity index (χ2n) is 4.96. The summed E-state index contributed by atoms with van der Waals surface area (Å²) in [6.07, 6.45) is 3.88. The molecule has 1 aromatic carbocycles. The van der Waals surface area contributed by atoms with Crippen molar-refractivity contribution in [2.75, 3.05) is 0 Å². The summed E-state index contributed by atoms with van der Waals surface area (Å²) in [5.41, 5.74) is 1.04. The number of nitrogens with one attached hydrogen (secondary N) is 1. The van der Waals surface area contributed by atoms with Crippen LogP contribution in [0.25, 0.3) is 0 Å². The van der Waals surface area contributed by atoms with Crippen molar-refractivity contribution in [3.8, 4) is 0 Å². The van der Waals surface area contributed by atoms with Gasteiger partial charge in [0.2, 0.25) is 0 Å². The Morgan fingerprint density at radius 1 is 1.38 bits per heavy atom. The molecule has 0 aromatic heterocycles. The van der Waals surface area contributed by atoms with Crippen molar-refractivity contribution in [3.63, 3.8) is 0 Å². The zero-order valence-electron chi connectivity index (χ0n) is 10.0. The maximum Gasteiger partial charge on any atom is 0.123 e. The number of hydrogen-bond donors (Lipinski definition) is 1. The maximum absolute atomic E-state index is 13.1. The molecule has 1 aromatic rings. The van der Waals surface area contributed by atoms with Crippen LogP contribution < -0.4 is 5.32 Å². The van der Waals surface area contributed by atoms with Crippen LogP contribution in [-0.4, -0.2) is 6.04 Å². The van der Waals surface area contributed by atoms with Gasteiger partial charge in [-0.2, -0.15) is 0 Å². The average Bonchev–Trinajstić information content (AvgIpc) is 2.64. The van der Waals surface area contributed by atoms with Crippen LogP contribution in [0.5, 0.6) is 0 Å². The molecule has 0 spiro atoms. The molecule has 0 heterocycles. The predicted molar refractivity (Wildman–Crippen MR) is 64.8 cm³/mol. The van der Waals surface area contributed by atoms with Crippen LogP contribution in [0.1, 0.15) is 44.7 Å². The lowest BCUT2D eigenvalue weighted by atomic mass is 10.0. The van der Waals surface area contributed by atoms with Crippen molar-refractivity contribution < 1.29 is 4.39 Å². The van der Waals surface area contributed by atoms with Gasteiger partial charge in [0.1, 0.15) is 5.82 Å². The third-order valence-corrected chi connectivity index (χ3v) is 3.67. The lowest BCUT2D eigenvalue weighted by molar-refractivity contribution is 0.388. The summed E-state index contributed by atoms with van der Waals surface area (Å²) in [6.45, 7) is 4.41. The highest BCUT2D eigenvalue weighted by atomic mass is 19.1. The van der Waals surface area contributed by atoms with E-state index in [0.29, 0.717) is 6.04 Å². The number of benzene rings is 1. The molecule has 1 N–H and O–H groups in total. The van der Waals surface area contributed by atoms with Crippen LogP contribution in [-0.2, 0) is 0 Å². The lowest BCUT2D eigenvalue weighted by Crippen LogP contribution is -2.33. The van der Waals surface area contributed by atoms with Crippen LogP contribution in [0.2, 0.25) is 0 Å². The Hall–Kier alpha value is -0.890. The van der Waals surface area contributed by atoms with Gasteiger partial charge in [-0.1, -0.05) is 25.5 Å². The van der Waals surface area contributed by atoms with Gasteiger partial charge in [-0.3, -0.25) is 0 Å². The first-order valence-corrected chi connectivity index (χ1v) is 6.18. The minimum atomic E-state index is -0.148. The molecule has 0 radical (unpaired) electrons. The summed E-state index contributed by atoms with van der Waals surface area (Å²) in [4.78, 5) is 0. The van der Waals surface area contributed by atoms with Gasteiger partial charge in [-0.05, 0) is 43.4 Å². The molecule has 1 aliphatic carbocycles. The summed E-state index contributed by atoms with van der Waals surface area (Å²) in [5, 5.41) is 3.61. The summed E-state index contributed by atoms with van der Waals surface area (Å²) in [5.74, 6) is 0.599. The first-order chi connectivity index (χ1) is 7.66. The highest BCUT2D eigenvalue weighted by Gasteiger charge is 2.24. The van der Waals surface area contributed by atoms with Crippen LogP contribution in [0.4, 0.5) is 4.39 Å². The average molecular weight is 221 g/mol. The predicted octanol–water partition coefficient (Wildman–Crippen LogP) is 3.66. The molecule has 0 saturated heterocycles. The van der Waals surface area contributed by atoms with E-state index in [1.54, 1.807) is 12.1 Å². The minimum Gasteiger partial charge on any atom is -0.307 e. The van der Waals surface area contributed by atoms with Gasteiger partial charge in [-0.15, -0.1) is 0 Å². The summed E-state index contributed by atoms with van der Waals surface area (Å²) in [7, 11) is 0. The van der Waals surface area contributed by atoms with Crippen molar-refractivity contribution in [1.82, 2.24) is 5.32 Å². The van der Waals surface area contributed by atoms with Gasteiger partial charge < -0.3 is 5.32 Å². The van der Waals surface area contributed by atoms with Crippen molar-refractivity contribution in [1.29, 1.82) is 0 Å². The minimum absolute atomic E-state index is 0.148. The molecule has 3 atom stereocenters. The Morgan fingerprint density at radius 3 is 2.81 bits per heavy atom. The Bertz CT molecular complexity index is 350. The third-order valence-electron chi connectivity index (χ3n) is 3.67. The second-order valence-corrected chi connectivity index (χ2v) is 4.96. The Kier molecular flexibility index (Phi) is 3.59. The molecule has 1 saturated carbocycles. The summed E-state index contributed by atoms with van der Waals surface area (Å²) < 4.78 is 13.1. The van der Waals surface area contributed by atoms with Gasteiger partial charge in [0, 0.05) is 12.1 Å². The quantitative estimate of drug-likeness (QED) is 0.821. The maximum atomic E-state index is 13.1. The van der Waals surface area contributed by atoms with E-state index in [0.717, 1.165) is 11.5 Å². The SMILES string of the molecule is CC1CCCC1N[C@H](C)c1cccc(F)c1. The normalized spacial score (nSPS) is 26.9. The largest absolute Gasteiger partial charge is 0.307 e. The molecular formula is C14H20FN. The number of rotatable bonds is 3. The highest BCUT2D eigenvalue weighted by Crippen LogP contribution is 2.27. The van der Waals surface area contributed by atoms with E-state index in [2.05, 4.69) is 19.2 Å². The van der Waals surface area contributed by atoms with E-state index in [1.165, 1.54) is 25.3 Å². The summed E-state index contributed by atoms with van der Waals surface area (Å²) in [6, 6.07) is 7.71. The fourth-order valence-corrected chi connectivity index (χ4v) is 2.59. The van der Waals surface area contributed by atoms with Crippen molar-refractivity contribution in [3.05, 3.63) is 35.6 Å². The van der Waals surface area contributed by atoms with Crippen molar-refractivity contribution in [2.24, 2.45) is 5.92 Å². The van der Waals surface area contributed by atoms with Gasteiger partial charge in [0.25, 0.3) is 0 Å². The van der Waals surface area contributed by atoms with Gasteiger partial charge in [0.15, 0.2) is 0 Å². The van der Waals surface area contributed by atoms with Crippen LogP contribution in [0.15, 0.2) is 24.3 Å². The smallest absolute Gasteiger partial charge is 0.123 e. The van der Waals surface area contributed by atoms with Crippen LogP contribution >= 0.6 is 0 Å². The molecule has 88 valence electrons.